The van der Waals surface area contributed by atoms with Gasteiger partial charge in [0.05, 0.1) is 5.56 Å². The maximum atomic E-state index is 12.1. The zero-order chi connectivity index (χ0) is 14.0. The molecular weight excluding hydrogens is 240 g/mol. The normalized spacial score (nSPS) is 10.7. The zero-order valence-corrected chi connectivity index (χ0v) is 11.3. The van der Waals surface area contributed by atoms with Crippen molar-refractivity contribution in [3.8, 4) is 0 Å². The van der Waals surface area contributed by atoms with Crippen LogP contribution in [0.15, 0.2) is 24.3 Å². The van der Waals surface area contributed by atoms with Crippen LogP contribution in [0.5, 0.6) is 0 Å². The third-order valence-corrected chi connectivity index (χ3v) is 3.03. The minimum Gasteiger partial charge on any atom is -0.398 e. The predicted molar refractivity (Wildman–Crippen MR) is 76.2 cm³/mol. The highest BCUT2D eigenvalue weighted by Gasteiger charge is 2.13. The maximum Gasteiger partial charge on any atom is 0.258 e. The number of aromatic nitrogens is 2. The van der Waals surface area contributed by atoms with E-state index in [0.29, 0.717) is 23.0 Å². The smallest absolute Gasteiger partial charge is 0.258 e. The Morgan fingerprint density at radius 1 is 1.42 bits per heavy atom. The molecule has 0 aliphatic heterocycles. The van der Waals surface area contributed by atoms with Gasteiger partial charge in [-0.3, -0.25) is 9.89 Å². The minimum atomic E-state index is -0.247. The molecule has 1 amide bonds. The number of para-hydroxylation sites is 1. The van der Waals surface area contributed by atoms with Crippen molar-refractivity contribution >= 4 is 17.4 Å². The van der Waals surface area contributed by atoms with E-state index in [4.69, 9.17) is 5.73 Å². The number of aromatic amines is 1. The Hall–Kier alpha value is -2.30. The number of aryl methyl sites for hydroxylation is 1. The molecular formula is C14H18N4O. The molecule has 0 spiro atoms. The summed E-state index contributed by atoms with van der Waals surface area (Å²) in [5, 5.41) is 9.69. The Morgan fingerprint density at radius 2 is 2.16 bits per heavy atom. The number of rotatable bonds is 3. The molecule has 0 atom stereocenters. The molecule has 0 saturated heterocycles. The zero-order valence-electron chi connectivity index (χ0n) is 11.3. The second-order valence-electron chi connectivity index (χ2n) is 4.85. The number of nitrogens with two attached hydrogens (primary N) is 1. The van der Waals surface area contributed by atoms with Gasteiger partial charge in [-0.15, -0.1) is 0 Å². The molecule has 0 aliphatic rings. The van der Waals surface area contributed by atoms with Crippen molar-refractivity contribution in [2.24, 2.45) is 0 Å². The van der Waals surface area contributed by atoms with Crippen LogP contribution in [-0.4, -0.2) is 16.1 Å². The summed E-state index contributed by atoms with van der Waals surface area (Å²) < 4.78 is 0. The number of carbonyl (C=O) groups is 1. The number of nitrogens with one attached hydrogen (secondary N) is 2. The molecule has 0 saturated carbocycles. The highest BCUT2D eigenvalue weighted by Crippen LogP contribution is 2.19. The molecule has 5 heteroatoms. The molecule has 0 fully saturated rings. The molecule has 2 rings (SSSR count). The largest absolute Gasteiger partial charge is 0.398 e. The fourth-order valence-corrected chi connectivity index (χ4v) is 1.76. The Balaban J connectivity index is 2.18. The second kappa shape index (κ2) is 5.14. The van der Waals surface area contributed by atoms with Crippen molar-refractivity contribution in [3.63, 3.8) is 0 Å². The van der Waals surface area contributed by atoms with Gasteiger partial charge >= 0.3 is 0 Å². The van der Waals surface area contributed by atoms with E-state index >= 15 is 0 Å². The summed E-state index contributed by atoms with van der Waals surface area (Å²) >= 11 is 0. The van der Waals surface area contributed by atoms with E-state index in [1.807, 2.05) is 25.1 Å². The van der Waals surface area contributed by atoms with E-state index < -0.39 is 0 Å². The van der Waals surface area contributed by atoms with E-state index in [-0.39, 0.29) is 5.91 Å². The molecule has 2 aromatic rings. The third kappa shape index (κ3) is 2.76. The van der Waals surface area contributed by atoms with E-state index in [1.165, 1.54) is 0 Å². The molecule has 1 aromatic heterocycles. The molecule has 0 aliphatic carbocycles. The molecule has 0 radical (unpaired) electrons. The van der Waals surface area contributed by atoms with Crippen LogP contribution in [0, 0.1) is 6.92 Å². The Kier molecular flexibility index (Phi) is 3.55. The lowest BCUT2D eigenvalue weighted by Crippen LogP contribution is -2.14. The highest BCUT2D eigenvalue weighted by atomic mass is 16.1. The van der Waals surface area contributed by atoms with Crippen molar-refractivity contribution in [1.82, 2.24) is 10.2 Å². The number of carbonyl (C=O) groups excluding carboxylic acids is 1. The summed E-state index contributed by atoms with van der Waals surface area (Å²) in [4.78, 5) is 12.1. The Labute approximate surface area is 112 Å². The van der Waals surface area contributed by atoms with E-state index in [9.17, 15) is 4.79 Å². The van der Waals surface area contributed by atoms with Gasteiger partial charge in [0, 0.05) is 17.4 Å². The van der Waals surface area contributed by atoms with E-state index in [0.717, 1.165) is 11.3 Å². The predicted octanol–water partition coefficient (Wildman–Crippen LogP) is 2.68. The molecule has 1 heterocycles. The van der Waals surface area contributed by atoms with Crippen molar-refractivity contribution in [2.45, 2.75) is 26.7 Å². The average Bonchev–Trinajstić information content (AvgIpc) is 2.81. The van der Waals surface area contributed by atoms with Gasteiger partial charge in [-0.05, 0) is 24.5 Å². The summed E-state index contributed by atoms with van der Waals surface area (Å²) in [5.41, 5.74) is 8.73. The van der Waals surface area contributed by atoms with Gasteiger partial charge in [-0.2, -0.15) is 5.10 Å². The first-order valence-corrected chi connectivity index (χ1v) is 6.20. The van der Waals surface area contributed by atoms with Gasteiger partial charge in [0.25, 0.3) is 5.91 Å². The molecule has 100 valence electrons. The fraction of sp³-hybridized carbons (Fsp3) is 0.286. The van der Waals surface area contributed by atoms with Crippen LogP contribution in [-0.2, 0) is 0 Å². The quantitative estimate of drug-likeness (QED) is 0.740. The number of anilines is 2. The topological polar surface area (TPSA) is 83.8 Å². The van der Waals surface area contributed by atoms with E-state index in [1.54, 1.807) is 6.07 Å². The van der Waals surface area contributed by atoms with Crippen LogP contribution < -0.4 is 11.1 Å². The van der Waals surface area contributed by atoms with E-state index in [2.05, 4.69) is 29.4 Å². The number of H-pyrrole nitrogens is 1. The highest BCUT2D eigenvalue weighted by molar-refractivity contribution is 6.07. The molecule has 1 aromatic carbocycles. The number of hydrogen-bond acceptors (Lipinski definition) is 3. The molecule has 0 unspecified atom stereocenters. The third-order valence-electron chi connectivity index (χ3n) is 3.03. The average molecular weight is 258 g/mol. The number of benzene rings is 1. The molecule has 19 heavy (non-hydrogen) atoms. The van der Waals surface area contributed by atoms with Crippen molar-refractivity contribution in [1.29, 1.82) is 0 Å². The van der Waals surface area contributed by atoms with Crippen LogP contribution in [0.4, 0.5) is 11.5 Å². The lowest BCUT2D eigenvalue weighted by molar-refractivity contribution is 0.102. The number of nitrogens with zero attached hydrogens (tertiary/aromatic N) is 1. The lowest BCUT2D eigenvalue weighted by atomic mass is 10.1. The summed E-state index contributed by atoms with van der Waals surface area (Å²) in [6.45, 7) is 5.98. The van der Waals surface area contributed by atoms with Gasteiger partial charge < -0.3 is 11.1 Å². The van der Waals surface area contributed by atoms with Crippen LogP contribution in [0.1, 0.15) is 41.4 Å². The second-order valence-corrected chi connectivity index (χ2v) is 4.85. The summed E-state index contributed by atoms with van der Waals surface area (Å²) in [7, 11) is 0. The molecule has 4 N–H and O–H groups in total. The van der Waals surface area contributed by atoms with Crippen molar-refractivity contribution in [2.75, 3.05) is 11.1 Å². The number of nitrogen functional groups attached to an aromatic ring is 1. The lowest BCUT2D eigenvalue weighted by Gasteiger charge is -2.07. The standard InChI is InChI=1S/C14H18N4O/c1-8(2)11-7-12(18-17-11)16-14(19)10-6-4-5-9(3)13(10)15/h4-8H,15H2,1-3H3,(H2,16,17,18,19). The van der Waals surface area contributed by atoms with Gasteiger partial charge in [0.1, 0.15) is 0 Å². The molecule has 0 bridgehead atoms. The maximum absolute atomic E-state index is 12.1. The van der Waals surface area contributed by atoms with Gasteiger partial charge in [0.15, 0.2) is 5.82 Å². The van der Waals surface area contributed by atoms with Gasteiger partial charge in [-0.1, -0.05) is 26.0 Å². The summed E-state index contributed by atoms with van der Waals surface area (Å²) in [5.74, 6) is 0.597. The molecule has 5 nitrogen and oxygen atoms in total. The van der Waals surface area contributed by atoms with Crippen molar-refractivity contribution < 1.29 is 4.79 Å². The summed E-state index contributed by atoms with van der Waals surface area (Å²) in [6.07, 6.45) is 0. The monoisotopic (exact) mass is 258 g/mol. The summed E-state index contributed by atoms with van der Waals surface area (Å²) in [6, 6.07) is 7.21. The van der Waals surface area contributed by atoms with Crippen LogP contribution >= 0.6 is 0 Å². The van der Waals surface area contributed by atoms with Crippen LogP contribution in [0.3, 0.4) is 0 Å². The Morgan fingerprint density at radius 3 is 2.79 bits per heavy atom. The number of hydrogen-bond donors (Lipinski definition) is 3. The van der Waals surface area contributed by atoms with Gasteiger partial charge in [0.2, 0.25) is 0 Å². The number of amides is 1. The first-order chi connectivity index (χ1) is 8.99. The first-order valence-electron chi connectivity index (χ1n) is 6.20. The Bertz CT molecular complexity index is 601. The SMILES string of the molecule is Cc1cccc(C(=O)Nc2cc(C(C)C)[nH]n2)c1N. The van der Waals surface area contributed by atoms with Gasteiger partial charge in [-0.25, -0.2) is 0 Å². The van der Waals surface area contributed by atoms with Crippen molar-refractivity contribution in [3.05, 3.63) is 41.1 Å². The van der Waals surface area contributed by atoms with Crippen LogP contribution in [0.25, 0.3) is 0 Å². The minimum absolute atomic E-state index is 0.247. The van der Waals surface area contributed by atoms with Crippen LogP contribution in [0.2, 0.25) is 0 Å². The fourth-order valence-electron chi connectivity index (χ4n) is 1.76. The first kappa shape index (κ1) is 13.1.